The molecule has 0 heterocycles. The molecule has 0 rings (SSSR count). The van der Waals surface area contributed by atoms with Crippen molar-refractivity contribution in [1.82, 2.24) is 0 Å². The monoisotopic (exact) mass is 184 g/mol. The highest BCUT2D eigenvalue weighted by atomic mass is 14.3. The van der Waals surface area contributed by atoms with Gasteiger partial charge < -0.3 is 0 Å². The van der Waals surface area contributed by atoms with Crippen molar-refractivity contribution in [2.45, 2.75) is 61.3 Å². The maximum atomic E-state index is 2.41. The van der Waals surface area contributed by atoms with Crippen LogP contribution in [0.3, 0.4) is 0 Å². The van der Waals surface area contributed by atoms with E-state index >= 15 is 0 Å². The zero-order chi connectivity index (χ0) is 10.6. The molecule has 0 aromatic heterocycles. The van der Waals surface area contributed by atoms with Crippen molar-refractivity contribution in [3.8, 4) is 0 Å². The molecular formula is C13H28. The molecule has 0 aromatic carbocycles. The Kier molecular flexibility index (Phi) is 5.02. The molecule has 13 heavy (non-hydrogen) atoms. The van der Waals surface area contributed by atoms with Gasteiger partial charge in [-0.15, -0.1) is 0 Å². The fraction of sp³-hybridized carbons (Fsp3) is 1.00. The predicted octanol–water partition coefficient (Wildman–Crippen LogP) is 4.74. The van der Waals surface area contributed by atoms with Gasteiger partial charge in [0.1, 0.15) is 0 Å². The van der Waals surface area contributed by atoms with Gasteiger partial charge >= 0.3 is 0 Å². The minimum Gasteiger partial charge on any atom is -0.0654 e. The highest BCUT2D eigenvalue weighted by molar-refractivity contribution is 4.77. The molecule has 0 nitrogen and oxygen atoms in total. The van der Waals surface area contributed by atoms with Crippen molar-refractivity contribution in [3.63, 3.8) is 0 Å². The number of hydrogen-bond donors (Lipinski definition) is 0. The number of hydrogen-bond acceptors (Lipinski definition) is 0. The van der Waals surface area contributed by atoms with Crippen LogP contribution in [0.5, 0.6) is 0 Å². The molecule has 80 valence electrons. The molecule has 0 heteroatoms. The minimum atomic E-state index is 0.460. The van der Waals surface area contributed by atoms with Crippen LogP contribution in [0.15, 0.2) is 0 Å². The summed E-state index contributed by atoms with van der Waals surface area (Å²) in [6, 6.07) is 0. The van der Waals surface area contributed by atoms with Crippen LogP contribution in [-0.4, -0.2) is 0 Å². The van der Waals surface area contributed by atoms with E-state index in [0.717, 1.165) is 17.8 Å². The Bertz CT molecular complexity index is 129. The van der Waals surface area contributed by atoms with Crippen molar-refractivity contribution in [3.05, 3.63) is 0 Å². The first-order valence-corrected chi connectivity index (χ1v) is 5.80. The summed E-state index contributed by atoms with van der Waals surface area (Å²) in [5, 5.41) is 0. The summed E-state index contributed by atoms with van der Waals surface area (Å²) in [6.07, 6.45) is 2.70. The molecule has 0 aliphatic carbocycles. The molecule has 0 bridgehead atoms. The zero-order valence-corrected chi connectivity index (χ0v) is 10.6. The van der Waals surface area contributed by atoms with E-state index in [0.29, 0.717) is 5.41 Å². The van der Waals surface area contributed by atoms with Gasteiger partial charge in [-0.2, -0.15) is 0 Å². The molecule has 0 amide bonds. The maximum absolute atomic E-state index is 2.41. The van der Waals surface area contributed by atoms with Crippen LogP contribution in [0.2, 0.25) is 0 Å². The first-order valence-electron chi connectivity index (χ1n) is 5.80. The van der Waals surface area contributed by atoms with Crippen LogP contribution in [0, 0.1) is 23.2 Å². The molecule has 0 N–H and O–H groups in total. The molecule has 0 aromatic rings. The van der Waals surface area contributed by atoms with Gasteiger partial charge in [-0.3, -0.25) is 0 Å². The Morgan fingerprint density at radius 2 is 1.46 bits per heavy atom. The van der Waals surface area contributed by atoms with Crippen LogP contribution in [0.4, 0.5) is 0 Å². The van der Waals surface area contributed by atoms with E-state index in [9.17, 15) is 0 Å². The van der Waals surface area contributed by atoms with Crippen molar-refractivity contribution in [1.29, 1.82) is 0 Å². The van der Waals surface area contributed by atoms with E-state index < -0.39 is 0 Å². The zero-order valence-electron chi connectivity index (χ0n) is 10.6. The lowest BCUT2D eigenvalue weighted by atomic mass is 9.70. The lowest BCUT2D eigenvalue weighted by molar-refractivity contribution is 0.141. The Morgan fingerprint density at radius 1 is 1.00 bits per heavy atom. The quantitative estimate of drug-likeness (QED) is 0.592. The smallest absolute Gasteiger partial charge is 0.0354 e. The molecule has 0 saturated carbocycles. The average molecular weight is 184 g/mol. The van der Waals surface area contributed by atoms with E-state index in [1.165, 1.54) is 12.8 Å². The van der Waals surface area contributed by atoms with Gasteiger partial charge in [-0.05, 0) is 23.2 Å². The van der Waals surface area contributed by atoms with E-state index in [-0.39, 0.29) is 0 Å². The maximum Gasteiger partial charge on any atom is -0.0354 e. The van der Waals surface area contributed by atoms with Crippen LogP contribution >= 0.6 is 0 Å². The van der Waals surface area contributed by atoms with E-state index in [2.05, 4.69) is 48.5 Å². The van der Waals surface area contributed by atoms with E-state index in [1.807, 2.05) is 0 Å². The summed E-state index contributed by atoms with van der Waals surface area (Å²) >= 11 is 0. The molecule has 0 aliphatic rings. The molecule has 0 radical (unpaired) electrons. The largest absolute Gasteiger partial charge is 0.0654 e. The van der Waals surface area contributed by atoms with Crippen LogP contribution in [-0.2, 0) is 0 Å². The Hall–Kier alpha value is 0. The minimum absolute atomic E-state index is 0.460. The van der Waals surface area contributed by atoms with Gasteiger partial charge in [0.2, 0.25) is 0 Å². The van der Waals surface area contributed by atoms with Crippen molar-refractivity contribution >= 4 is 0 Å². The summed E-state index contributed by atoms with van der Waals surface area (Å²) in [5.41, 5.74) is 0.460. The number of rotatable bonds is 4. The summed E-state index contributed by atoms with van der Waals surface area (Å²) in [4.78, 5) is 0. The molecule has 0 aliphatic heterocycles. The molecule has 3 unspecified atom stereocenters. The molecule has 0 fully saturated rings. The topological polar surface area (TPSA) is 0 Å². The third-order valence-electron chi connectivity index (χ3n) is 3.80. The van der Waals surface area contributed by atoms with Crippen molar-refractivity contribution in [2.24, 2.45) is 23.2 Å². The van der Waals surface area contributed by atoms with E-state index in [1.54, 1.807) is 0 Å². The Morgan fingerprint density at radius 3 is 1.77 bits per heavy atom. The third kappa shape index (κ3) is 4.15. The highest BCUT2D eigenvalue weighted by Crippen LogP contribution is 2.36. The highest BCUT2D eigenvalue weighted by Gasteiger charge is 2.28. The first kappa shape index (κ1) is 13.0. The standard InChI is InChI=1S/C13H28/c1-8-9-10(2)11(3)12(4)13(5,6)7/h10-12H,8-9H2,1-7H3. The van der Waals surface area contributed by atoms with Crippen LogP contribution in [0.1, 0.15) is 61.3 Å². The van der Waals surface area contributed by atoms with Gasteiger partial charge in [-0.25, -0.2) is 0 Å². The molecule has 3 atom stereocenters. The van der Waals surface area contributed by atoms with Crippen molar-refractivity contribution < 1.29 is 0 Å². The van der Waals surface area contributed by atoms with Crippen LogP contribution in [0.25, 0.3) is 0 Å². The predicted molar refractivity (Wildman–Crippen MR) is 61.9 cm³/mol. The first-order chi connectivity index (χ1) is 5.80. The average Bonchev–Trinajstić information content (AvgIpc) is 2.00. The normalized spacial score (nSPS) is 19.6. The van der Waals surface area contributed by atoms with Gasteiger partial charge in [0, 0.05) is 0 Å². The fourth-order valence-corrected chi connectivity index (χ4v) is 2.00. The summed E-state index contributed by atoms with van der Waals surface area (Å²) in [6.45, 7) is 16.6. The Labute approximate surface area is 85.1 Å². The van der Waals surface area contributed by atoms with Gasteiger partial charge in [0.15, 0.2) is 0 Å². The summed E-state index contributed by atoms with van der Waals surface area (Å²) in [5.74, 6) is 2.54. The van der Waals surface area contributed by atoms with Gasteiger partial charge in [0.25, 0.3) is 0 Å². The SMILES string of the molecule is CCCC(C)C(C)C(C)C(C)(C)C. The summed E-state index contributed by atoms with van der Waals surface area (Å²) < 4.78 is 0. The molecule has 0 saturated heterocycles. The van der Waals surface area contributed by atoms with Crippen molar-refractivity contribution in [2.75, 3.05) is 0 Å². The van der Waals surface area contributed by atoms with Gasteiger partial charge in [-0.1, -0.05) is 61.3 Å². The van der Waals surface area contributed by atoms with E-state index in [4.69, 9.17) is 0 Å². The fourth-order valence-electron chi connectivity index (χ4n) is 2.00. The second-order valence-corrected chi connectivity index (χ2v) is 5.78. The van der Waals surface area contributed by atoms with Gasteiger partial charge in [0.05, 0.1) is 0 Å². The Balaban J connectivity index is 4.16. The summed E-state index contributed by atoms with van der Waals surface area (Å²) in [7, 11) is 0. The lowest BCUT2D eigenvalue weighted by Gasteiger charge is -2.35. The lowest BCUT2D eigenvalue weighted by Crippen LogP contribution is -2.27. The van der Waals surface area contributed by atoms with Crippen LogP contribution < -0.4 is 0 Å². The third-order valence-corrected chi connectivity index (χ3v) is 3.80. The second-order valence-electron chi connectivity index (χ2n) is 5.78. The molecular weight excluding hydrogens is 156 g/mol. The molecule has 0 spiro atoms. The second kappa shape index (κ2) is 5.02.